The van der Waals surface area contributed by atoms with E-state index in [9.17, 15) is 5.11 Å². The van der Waals surface area contributed by atoms with Gasteiger partial charge in [-0.15, -0.1) is 0 Å². The van der Waals surface area contributed by atoms with Crippen LogP contribution in [-0.2, 0) is 0 Å². The molecule has 0 radical (unpaired) electrons. The molecule has 0 bridgehead atoms. The van der Waals surface area contributed by atoms with Crippen molar-refractivity contribution in [2.75, 3.05) is 0 Å². The SMILES string of the molecule is CCCCCCCCCCCCCCCCCC(O)CCCCCCCC. The molecule has 0 rings (SSSR count). The monoisotopic (exact) mass is 382 g/mol. The molecular weight excluding hydrogens is 328 g/mol. The number of rotatable bonds is 23. The molecule has 0 aromatic rings. The van der Waals surface area contributed by atoms with Gasteiger partial charge in [0, 0.05) is 0 Å². The smallest absolute Gasteiger partial charge is 0.0540 e. The molecule has 0 aliphatic rings. The summed E-state index contributed by atoms with van der Waals surface area (Å²) in [6, 6.07) is 0. The van der Waals surface area contributed by atoms with Crippen molar-refractivity contribution in [3.05, 3.63) is 0 Å². The van der Waals surface area contributed by atoms with Crippen molar-refractivity contribution in [3.63, 3.8) is 0 Å². The summed E-state index contributed by atoms with van der Waals surface area (Å²) in [4.78, 5) is 0. The van der Waals surface area contributed by atoms with E-state index in [1.54, 1.807) is 0 Å². The van der Waals surface area contributed by atoms with Gasteiger partial charge in [0.25, 0.3) is 0 Å². The molecule has 0 aliphatic carbocycles. The number of aliphatic hydroxyl groups excluding tert-OH is 1. The van der Waals surface area contributed by atoms with E-state index in [4.69, 9.17) is 0 Å². The summed E-state index contributed by atoms with van der Waals surface area (Å²) >= 11 is 0. The maximum atomic E-state index is 10.1. The zero-order chi connectivity index (χ0) is 19.8. The van der Waals surface area contributed by atoms with E-state index >= 15 is 0 Å². The van der Waals surface area contributed by atoms with E-state index < -0.39 is 0 Å². The Morgan fingerprint density at radius 2 is 0.593 bits per heavy atom. The Kier molecular flexibility index (Phi) is 24.0. The molecule has 0 spiro atoms. The molecule has 1 nitrogen and oxygen atoms in total. The predicted octanol–water partition coefficient (Wildman–Crippen LogP) is 9.36. The first-order valence-corrected chi connectivity index (χ1v) is 13.0. The van der Waals surface area contributed by atoms with Crippen LogP contribution in [0.1, 0.15) is 162 Å². The fourth-order valence-corrected chi connectivity index (χ4v) is 4.06. The van der Waals surface area contributed by atoms with Gasteiger partial charge in [-0.1, -0.05) is 149 Å². The standard InChI is InChI=1S/C26H54O/c1-3-5-7-9-11-12-13-14-15-16-17-18-19-21-23-25-26(27)24-22-20-10-8-6-4-2/h26-27H,3-25H2,1-2H3. The Balaban J connectivity index is 3.09. The van der Waals surface area contributed by atoms with E-state index in [0.717, 1.165) is 12.8 Å². The van der Waals surface area contributed by atoms with Gasteiger partial charge in [-0.2, -0.15) is 0 Å². The molecule has 0 fully saturated rings. The Morgan fingerprint density at radius 1 is 0.370 bits per heavy atom. The summed E-state index contributed by atoms with van der Waals surface area (Å²) in [6.45, 7) is 4.56. The normalized spacial score (nSPS) is 12.6. The van der Waals surface area contributed by atoms with Crippen molar-refractivity contribution in [1.82, 2.24) is 0 Å². The average Bonchev–Trinajstić information content (AvgIpc) is 2.67. The number of unbranched alkanes of at least 4 members (excludes halogenated alkanes) is 19. The van der Waals surface area contributed by atoms with Crippen LogP contribution in [0, 0.1) is 0 Å². The molecular formula is C26H54O. The fraction of sp³-hybridized carbons (Fsp3) is 1.00. The zero-order valence-corrected chi connectivity index (χ0v) is 19.3. The van der Waals surface area contributed by atoms with E-state index in [2.05, 4.69) is 13.8 Å². The second kappa shape index (κ2) is 24.0. The lowest BCUT2D eigenvalue weighted by molar-refractivity contribution is 0.147. The van der Waals surface area contributed by atoms with Gasteiger partial charge in [-0.3, -0.25) is 0 Å². The van der Waals surface area contributed by atoms with Gasteiger partial charge in [-0.05, 0) is 12.8 Å². The third-order valence-corrected chi connectivity index (χ3v) is 6.03. The third-order valence-electron chi connectivity index (χ3n) is 6.03. The molecule has 164 valence electrons. The van der Waals surface area contributed by atoms with Crippen LogP contribution in [0.3, 0.4) is 0 Å². The van der Waals surface area contributed by atoms with Crippen molar-refractivity contribution in [3.8, 4) is 0 Å². The minimum absolute atomic E-state index is 0.0295. The first-order chi connectivity index (χ1) is 13.3. The second-order valence-corrected chi connectivity index (χ2v) is 8.95. The molecule has 1 unspecified atom stereocenters. The summed E-state index contributed by atoms with van der Waals surface area (Å²) in [7, 11) is 0. The van der Waals surface area contributed by atoms with Crippen LogP contribution in [0.5, 0.6) is 0 Å². The summed E-state index contributed by atoms with van der Waals surface area (Å²) in [5, 5.41) is 10.1. The van der Waals surface area contributed by atoms with Gasteiger partial charge in [-0.25, -0.2) is 0 Å². The Labute approximate surface area is 173 Å². The molecule has 0 saturated heterocycles. The number of hydrogen-bond donors (Lipinski definition) is 1. The average molecular weight is 383 g/mol. The van der Waals surface area contributed by atoms with Gasteiger partial charge in [0.2, 0.25) is 0 Å². The Hall–Kier alpha value is -0.0400. The van der Waals surface area contributed by atoms with Crippen molar-refractivity contribution >= 4 is 0 Å². The summed E-state index contributed by atoms with van der Waals surface area (Å²) < 4.78 is 0. The van der Waals surface area contributed by atoms with E-state index in [0.29, 0.717) is 0 Å². The maximum absolute atomic E-state index is 10.1. The molecule has 0 amide bonds. The van der Waals surface area contributed by atoms with Gasteiger partial charge in [0.15, 0.2) is 0 Å². The maximum Gasteiger partial charge on any atom is 0.0540 e. The first kappa shape index (κ1) is 27.0. The summed E-state index contributed by atoms with van der Waals surface area (Å²) in [6.07, 6.45) is 31.2. The fourth-order valence-electron chi connectivity index (χ4n) is 4.06. The van der Waals surface area contributed by atoms with Gasteiger partial charge in [0.05, 0.1) is 6.10 Å². The highest BCUT2D eigenvalue weighted by molar-refractivity contribution is 4.57. The molecule has 1 heteroatoms. The summed E-state index contributed by atoms with van der Waals surface area (Å²) in [5.41, 5.74) is 0. The topological polar surface area (TPSA) is 20.2 Å². The predicted molar refractivity (Wildman–Crippen MR) is 124 cm³/mol. The molecule has 0 aromatic carbocycles. The molecule has 0 saturated carbocycles. The Morgan fingerprint density at radius 3 is 0.852 bits per heavy atom. The lowest BCUT2D eigenvalue weighted by Gasteiger charge is -2.10. The minimum atomic E-state index is -0.0295. The molecule has 27 heavy (non-hydrogen) atoms. The van der Waals surface area contributed by atoms with Gasteiger partial charge in [0.1, 0.15) is 0 Å². The second-order valence-electron chi connectivity index (χ2n) is 8.95. The van der Waals surface area contributed by atoms with Crippen LogP contribution in [0.4, 0.5) is 0 Å². The lowest BCUT2D eigenvalue weighted by Crippen LogP contribution is -2.05. The van der Waals surface area contributed by atoms with Crippen LogP contribution < -0.4 is 0 Å². The van der Waals surface area contributed by atoms with Crippen LogP contribution in [0.25, 0.3) is 0 Å². The molecule has 0 heterocycles. The van der Waals surface area contributed by atoms with Gasteiger partial charge >= 0.3 is 0 Å². The highest BCUT2D eigenvalue weighted by Gasteiger charge is 2.03. The highest BCUT2D eigenvalue weighted by atomic mass is 16.3. The van der Waals surface area contributed by atoms with Crippen molar-refractivity contribution in [2.45, 2.75) is 168 Å². The molecule has 0 aliphatic heterocycles. The number of hydrogen-bond acceptors (Lipinski definition) is 1. The van der Waals surface area contributed by atoms with Crippen LogP contribution >= 0.6 is 0 Å². The lowest BCUT2D eigenvalue weighted by atomic mass is 10.0. The van der Waals surface area contributed by atoms with Crippen LogP contribution in [0.15, 0.2) is 0 Å². The molecule has 1 atom stereocenters. The number of aliphatic hydroxyl groups is 1. The first-order valence-electron chi connectivity index (χ1n) is 13.0. The highest BCUT2D eigenvalue weighted by Crippen LogP contribution is 2.15. The third kappa shape index (κ3) is 23.9. The molecule has 0 aromatic heterocycles. The van der Waals surface area contributed by atoms with Crippen LogP contribution in [-0.4, -0.2) is 11.2 Å². The largest absolute Gasteiger partial charge is 0.393 e. The quantitative estimate of drug-likeness (QED) is 0.174. The van der Waals surface area contributed by atoms with Crippen molar-refractivity contribution < 1.29 is 5.11 Å². The minimum Gasteiger partial charge on any atom is -0.393 e. The molecule has 1 N–H and O–H groups in total. The van der Waals surface area contributed by atoms with Crippen molar-refractivity contribution in [2.24, 2.45) is 0 Å². The summed E-state index contributed by atoms with van der Waals surface area (Å²) in [5.74, 6) is 0. The van der Waals surface area contributed by atoms with E-state index in [-0.39, 0.29) is 6.10 Å². The van der Waals surface area contributed by atoms with E-state index in [1.807, 2.05) is 0 Å². The Bertz CT molecular complexity index is 251. The zero-order valence-electron chi connectivity index (χ0n) is 19.3. The van der Waals surface area contributed by atoms with Crippen LogP contribution in [0.2, 0.25) is 0 Å². The van der Waals surface area contributed by atoms with Crippen molar-refractivity contribution in [1.29, 1.82) is 0 Å². The van der Waals surface area contributed by atoms with E-state index in [1.165, 1.54) is 135 Å². The van der Waals surface area contributed by atoms with Gasteiger partial charge < -0.3 is 5.11 Å².